The number of nitriles is 1. The third-order valence-corrected chi connectivity index (χ3v) is 3.30. The molecule has 0 unspecified atom stereocenters. The fourth-order valence-electron chi connectivity index (χ4n) is 2.30. The molecule has 0 atom stereocenters. The van der Waals surface area contributed by atoms with E-state index in [9.17, 15) is 10.1 Å². The quantitative estimate of drug-likeness (QED) is 0.862. The molecule has 0 aliphatic heterocycles. The molecule has 104 valence electrons. The molecule has 2 aromatic rings. The molecule has 0 aromatic heterocycles. The van der Waals surface area contributed by atoms with Gasteiger partial charge in [0.05, 0.1) is 5.56 Å². The lowest BCUT2D eigenvalue weighted by Crippen LogP contribution is -1.94. The molecule has 0 bridgehead atoms. The van der Waals surface area contributed by atoms with Gasteiger partial charge in [-0.25, -0.2) is 4.79 Å². The van der Waals surface area contributed by atoms with Gasteiger partial charge in [0.15, 0.2) is 0 Å². The number of carboxylic acid groups (broad SMARTS) is 1. The van der Waals surface area contributed by atoms with Crippen LogP contribution in [0.4, 0.5) is 0 Å². The van der Waals surface area contributed by atoms with Gasteiger partial charge in [-0.3, -0.25) is 0 Å². The lowest BCUT2D eigenvalue weighted by Gasteiger charge is -2.11. The van der Waals surface area contributed by atoms with E-state index in [0.717, 1.165) is 34.8 Å². The maximum absolute atomic E-state index is 10.7. The second kappa shape index (κ2) is 6.53. The Balaban J connectivity index is 2.63. The highest BCUT2D eigenvalue weighted by Gasteiger charge is 2.11. The number of aliphatic carboxylic acids is 1. The summed E-state index contributed by atoms with van der Waals surface area (Å²) in [4.78, 5) is 10.7. The highest BCUT2D eigenvalue weighted by molar-refractivity contribution is 5.88. The van der Waals surface area contributed by atoms with Crippen LogP contribution >= 0.6 is 0 Å². The molecule has 2 aromatic carbocycles. The van der Waals surface area contributed by atoms with E-state index in [1.807, 2.05) is 49.4 Å². The summed E-state index contributed by atoms with van der Waals surface area (Å²) in [6.07, 6.45) is 3.44. The molecule has 0 aliphatic carbocycles. The van der Waals surface area contributed by atoms with E-state index in [-0.39, 0.29) is 0 Å². The Morgan fingerprint density at radius 1 is 1.19 bits per heavy atom. The van der Waals surface area contributed by atoms with E-state index >= 15 is 0 Å². The zero-order valence-corrected chi connectivity index (χ0v) is 11.7. The molecule has 0 radical (unpaired) electrons. The number of carbonyl (C=O) groups is 1. The Hall–Kier alpha value is -2.86. The molecule has 0 spiro atoms. The minimum absolute atomic E-state index is 0.649. The zero-order chi connectivity index (χ0) is 15.2. The summed E-state index contributed by atoms with van der Waals surface area (Å²) in [5.41, 5.74) is 4.12. The van der Waals surface area contributed by atoms with Crippen LogP contribution in [0.1, 0.15) is 23.6 Å². The summed E-state index contributed by atoms with van der Waals surface area (Å²) in [5.74, 6) is -0.993. The lowest BCUT2D eigenvalue weighted by atomic mass is 9.92. The molecule has 0 amide bonds. The van der Waals surface area contributed by atoms with Gasteiger partial charge in [-0.05, 0) is 29.2 Å². The predicted octanol–water partition coefficient (Wildman–Crippen LogP) is 3.89. The summed E-state index contributed by atoms with van der Waals surface area (Å²) in [6, 6.07) is 15.5. The number of nitrogens with zero attached hydrogens (tertiary/aromatic N) is 1. The summed E-state index contributed by atoms with van der Waals surface area (Å²) < 4.78 is 0. The van der Waals surface area contributed by atoms with E-state index in [0.29, 0.717) is 5.56 Å². The van der Waals surface area contributed by atoms with Crippen LogP contribution in [0.25, 0.3) is 17.2 Å². The van der Waals surface area contributed by atoms with Crippen molar-refractivity contribution in [3.8, 4) is 17.2 Å². The topological polar surface area (TPSA) is 61.1 Å². The predicted molar refractivity (Wildman–Crippen MR) is 82.6 cm³/mol. The Kier molecular flexibility index (Phi) is 4.53. The van der Waals surface area contributed by atoms with Crippen LogP contribution in [-0.4, -0.2) is 11.1 Å². The van der Waals surface area contributed by atoms with Crippen LogP contribution in [-0.2, 0) is 11.2 Å². The third kappa shape index (κ3) is 3.18. The minimum atomic E-state index is -0.993. The number of benzene rings is 2. The summed E-state index contributed by atoms with van der Waals surface area (Å²) in [7, 11) is 0. The smallest absolute Gasteiger partial charge is 0.328 e. The van der Waals surface area contributed by atoms with Crippen molar-refractivity contribution in [2.75, 3.05) is 0 Å². The monoisotopic (exact) mass is 277 g/mol. The number of aryl methyl sites for hydroxylation is 1. The fraction of sp³-hybridized carbons (Fsp3) is 0.111. The molecule has 0 heterocycles. The molecule has 3 nitrogen and oxygen atoms in total. The lowest BCUT2D eigenvalue weighted by molar-refractivity contribution is -0.131. The van der Waals surface area contributed by atoms with Gasteiger partial charge in [0, 0.05) is 11.6 Å². The van der Waals surface area contributed by atoms with Crippen molar-refractivity contribution >= 4 is 12.0 Å². The Morgan fingerprint density at radius 2 is 1.90 bits per heavy atom. The van der Waals surface area contributed by atoms with Crippen LogP contribution in [0.5, 0.6) is 0 Å². The zero-order valence-electron chi connectivity index (χ0n) is 11.7. The Morgan fingerprint density at radius 3 is 2.57 bits per heavy atom. The van der Waals surface area contributed by atoms with E-state index in [4.69, 9.17) is 5.11 Å². The SMILES string of the molecule is CCc1cccc(-c2ccccc2/C=C/C(=O)O)c1C#N. The van der Waals surface area contributed by atoms with Gasteiger partial charge < -0.3 is 5.11 Å². The molecule has 0 fully saturated rings. The highest BCUT2D eigenvalue weighted by Crippen LogP contribution is 2.29. The largest absolute Gasteiger partial charge is 0.478 e. The van der Waals surface area contributed by atoms with E-state index < -0.39 is 5.97 Å². The van der Waals surface area contributed by atoms with Crippen LogP contribution in [0.15, 0.2) is 48.5 Å². The van der Waals surface area contributed by atoms with Gasteiger partial charge in [-0.15, -0.1) is 0 Å². The fourth-order valence-corrected chi connectivity index (χ4v) is 2.30. The molecule has 3 heteroatoms. The molecule has 0 saturated carbocycles. The van der Waals surface area contributed by atoms with Crippen LogP contribution in [0, 0.1) is 11.3 Å². The number of carboxylic acids is 1. The van der Waals surface area contributed by atoms with Gasteiger partial charge in [0.1, 0.15) is 6.07 Å². The first-order valence-corrected chi connectivity index (χ1v) is 6.69. The molecule has 0 aliphatic rings. The molecular weight excluding hydrogens is 262 g/mol. The molecular formula is C18H15NO2. The maximum atomic E-state index is 10.7. The van der Waals surface area contributed by atoms with Crippen molar-refractivity contribution in [1.82, 2.24) is 0 Å². The van der Waals surface area contributed by atoms with Crippen molar-refractivity contribution in [2.24, 2.45) is 0 Å². The van der Waals surface area contributed by atoms with Crippen molar-refractivity contribution in [1.29, 1.82) is 5.26 Å². The average molecular weight is 277 g/mol. The first kappa shape index (κ1) is 14.5. The summed E-state index contributed by atoms with van der Waals surface area (Å²) in [6.45, 7) is 2.01. The van der Waals surface area contributed by atoms with Gasteiger partial charge in [0.2, 0.25) is 0 Å². The van der Waals surface area contributed by atoms with Gasteiger partial charge in [0.25, 0.3) is 0 Å². The second-order valence-electron chi connectivity index (χ2n) is 4.56. The van der Waals surface area contributed by atoms with Crippen LogP contribution < -0.4 is 0 Å². The normalized spacial score (nSPS) is 10.5. The number of rotatable bonds is 4. The first-order chi connectivity index (χ1) is 10.2. The Labute approximate surface area is 123 Å². The maximum Gasteiger partial charge on any atom is 0.328 e. The van der Waals surface area contributed by atoms with E-state index in [1.54, 1.807) is 6.08 Å². The minimum Gasteiger partial charge on any atom is -0.478 e. The van der Waals surface area contributed by atoms with Crippen LogP contribution in [0.2, 0.25) is 0 Å². The number of hydrogen-bond acceptors (Lipinski definition) is 2. The first-order valence-electron chi connectivity index (χ1n) is 6.69. The second-order valence-corrected chi connectivity index (χ2v) is 4.56. The molecule has 1 N–H and O–H groups in total. The van der Waals surface area contributed by atoms with Crippen LogP contribution in [0.3, 0.4) is 0 Å². The van der Waals surface area contributed by atoms with E-state index in [2.05, 4.69) is 6.07 Å². The van der Waals surface area contributed by atoms with Gasteiger partial charge in [-0.1, -0.05) is 49.4 Å². The third-order valence-electron chi connectivity index (χ3n) is 3.30. The molecule has 2 rings (SSSR count). The van der Waals surface area contributed by atoms with E-state index in [1.165, 1.54) is 0 Å². The average Bonchev–Trinajstić information content (AvgIpc) is 2.52. The Bertz CT molecular complexity index is 739. The molecule has 21 heavy (non-hydrogen) atoms. The summed E-state index contributed by atoms with van der Waals surface area (Å²) >= 11 is 0. The van der Waals surface area contributed by atoms with Crippen molar-refractivity contribution in [3.05, 3.63) is 65.2 Å². The van der Waals surface area contributed by atoms with Gasteiger partial charge >= 0.3 is 5.97 Å². The standard InChI is InChI=1S/C18H15NO2/c1-2-13-7-5-9-16(17(13)12-19)15-8-4-3-6-14(15)10-11-18(20)21/h3-11H,2H2,1H3,(H,20,21)/b11-10+. The summed E-state index contributed by atoms with van der Waals surface area (Å²) in [5, 5.41) is 18.2. The van der Waals surface area contributed by atoms with Crippen molar-refractivity contribution < 1.29 is 9.90 Å². The highest BCUT2D eigenvalue weighted by atomic mass is 16.4. The number of hydrogen-bond donors (Lipinski definition) is 1. The van der Waals surface area contributed by atoms with Crippen molar-refractivity contribution in [2.45, 2.75) is 13.3 Å². The molecule has 0 saturated heterocycles. The van der Waals surface area contributed by atoms with Gasteiger partial charge in [-0.2, -0.15) is 5.26 Å². The van der Waals surface area contributed by atoms with Crippen molar-refractivity contribution in [3.63, 3.8) is 0 Å².